The fourth-order valence-electron chi connectivity index (χ4n) is 1.17. The topological polar surface area (TPSA) is 88.1 Å². The lowest BCUT2D eigenvalue weighted by molar-refractivity contribution is -0.239. The standard InChI is InChI=1S/C12H20O7/c1-7(13)17-9(10(15)16-6)11(18-8(2)14)19-12(3,4)5/h9,11H,1-6H3/t9-,11+/m1/s1. The average Bonchev–Trinajstić information content (AvgIpc) is 2.21. The lowest BCUT2D eigenvalue weighted by Crippen LogP contribution is -2.46. The number of rotatable bonds is 5. The molecule has 0 rings (SSSR count). The number of esters is 3. The molecule has 0 saturated heterocycles. The Morgan fingerprint density at radius 1 is 0.947 bits per heavy atom. The zero-order valence-electron chi connectivity index (χ0n) is 12.0. The van der Waals surface area contributed by atoms with Gasteiger partial charge in [0.05, 0.1) is 12.7 Å². The molecule has 7 heteroatoms. The Morgan fingerprint density at radius 2 is 1.42 bits per heavy atom. The van der Waals surface area contributed by atoms with Crippen LogP contribution in [0.3, 0.4) is 0 Å². The number of hydrogen-bond acceptors (Lipinski definition) is 7. The lowest BCUT2D eigenvalue weighted by Gasteiger charge is -2.30. The molecule has 0 unspecified atom stereocenters. The summed E-state index contributed by atoms with van der Waals surface area (Å²) in [5.74, 6) is -2.26. The first-order valence-corrected chi connectivity index (χ1v) is 5.67. The van der Waals surface area contributed by atoms with Gasteiger partial charge in [-0.3, -0.25) is 9.59 Å². The fourth-order valence-corrected chi connectivity index (χ4v) is 1.17. The molecule has 0 aliphatic rings. The normalized spacial score (nSPS) is 14.2. The second-order valence-electron chi connectivity index (χ2n) is 4.76. The van der Waals surface area contributed by atoms with Gasteiger partial charge in [-0.25, -0.2) is 4.79 Å². The van der Waals surface area contributed by atoms with Crippen LogP contribution in [0.15, 0.2) is 0 Å². The summed E-state index contributed by atoms with van der Waals surface area (Å²) in [7, 11) is 1.13. The summed E-state index contributed by atoms with van der Waals surface area (Å²) in [6, 6.07) is 0. The maximum atomic E-state index is 11.6. The van der Waals surface area contributed by atoms with E-state index in [0.717, 1.165) is 21.0 Å². The van der Waals surface area contributed by atoms with E-state index >= 15 is 0 Å². The molecule has 2 atom stereocenters. The number of carbonyl (C=O) groups is 3. The highest BCUT2D eigenvalue weighted by Crippen LogP contribution is 2.17. The first-order valence-electron chi connectivity index (χ1n) is 5.67. The maximum absolute atomic E-state index is 11.6. The summed E-state index contributed by atoms with van der Waals surface area (Å²) in [4.78, 5) is 33.6. The van der Waals surface area contributed by atoms with Crippen molar-refractivity contribution in [3.8, 4) is 0 Å². The maximum Gasteiger partial charge on any atom is 0.353 e. The minimum atomic E-state index is -1.47. The van der Waals surface area contributed by atoms with E-state index in [0.29, 0.717) is 0 Å². The van der Waals surface area contributed by atoms with E-state index in [2.05, 4.69) is 4.74 Å². The van der Waals surface area contributed by atoms with Crippen molar-refractivity contribution in [2.24, 2.45) is 0 Å². The number of hydrogen-bond donors (Lipinski definition) is 0. The Morgan fingerprint density at radius 3 is 1.74 bits per heavy atom. The van der Waals surface area contributed by atoms with Gasteiger partial charge in [-0.2, -0.15) is 0 Å². The summed E-state index contributed by atoms with van der Waals surface area (Å²) in [6.07, 6.45) is -2.83. The summed E-state index contributed by atoms with van der Waals surface area (Å²) in [5.41, 5.74) is -0.716. The summed E-state index contributed by atoms with van der Waals surface area (Å²) in [5, 5.41) is 0. The van der Waals surface area contributed by atoms with Gasteiger partial charge in [-0.05, 0) is 20.8 Å². The molecule has 0 amide bonds. The Hall–Kier alpha value is -1.63. The predicted molar refractivity (Wildman–Crippen MR) is 64.0 cm³/mol. The van der Waals surface area contributed by atoms with E-state index in [-0.39, 0.29) is 0 Å². The molecule has 0 bridgehead atoms. The monoisotopic (exact) mass is 276 g/mol. The molecule has 0 N–H and O–H groups in total. The van der Waals surface area contributed by atoms with Gasteiger partial charge in [0.15, 0.2) is 0 Å². The smallest absolute Gasteiger partial charge is 0.353 e. The second-order valence-corrected chi connectivity index (χ2v) is 4.76. The van der Waals surface area contributed by atoms with Crippen LogP contribution >= 0.6 is 0 Å². The molecule has 110 valence electrons. The number of methoxy groups -OCH3 is 1. The van der Waals surface area contributed by atoms with Crippen LogP contribution in [0.1, 0.15) is 34.6 Å². The SMILES string of the molecule is COC(=O)[C@@H](OC(C)=O)[C@@H](OC(C)=O)OC(C)(C)C. The van der Waals surface area contributed by atoms with Crippen LogP contribution in [0, 0.1) is 0 Å². The highest BCUT2D eigenvalue weighted by atomic mass is 16.7. The molecule has 0 radical (unpaired) electrons. The van der Waals surface area contributed by atoms with E-state index in [1.54, 1.807) is 20.8 Å². The zero-order valence-corrected chi connectivity index (χ0v) is 12.0. The van der Waals surface area contributed by atoms with Crippen LogP contribution in [0.25, 0.3) is 0 Å². The summed E-state index contributed by atoms with van der Waals surface area (Å²) in [6.45, 7) is 7.38. The molecule has 0 aromatic heterocycles. The van der Waals surface area contributed by atoms with Gasteiger partial charge in [0, 0.05) is 13.8 Å². The Kier molecular flexibility index (Phi) is 6.47. The lowest BCUT2D eigenvalue weighted by atomic mass is 10.2. The third-order valence-corrected chi connectivity index (χ3v) is 1.73. The molecule has 0 saturated carbocycles. The minimum absolute atomic E-state index is 0.671. The number of carbonyl (C=O) groups excluding carboxylic acids is 3. The third-order valence-electron chi connectivity index (χ3n) is 1.73. The molecule has 0 aromatic carbocycles. The molecule has 0 aromatic rings. The molecule has 19 heavy (non-hydrogen) atoms. The van der Waals surface area contributed by atoms with E-state index in [4.69, 9.17) is 14.2 Å². The Balaban J connectivity index is 5.15. The van der Waals surface area contributed by atoms with Crippen LogP contribution in [0.2, 0.25) is 0 Å². The van der Waals surface area contributed by atoms with Crippen LogP contribution in [-0.4, -0.2) is 43.0 Å². The Labute approximate surface area is 112 Å². The zero-order chi connectivity index (χ0) is 15.2. The van der Waals surface area contributed by atoms with E-state index in [9.17, 15) is 14.4 Å². The minimum Gasteiger partial charge on any atom is -0.466 e. The molecular formula is C12H20O7. The van der Waals surface area contributed by atoms with Crippen molar-refractivity contribution in [3.05, 3.63) is 0 Å². The van der Waals surface area contributed by atoms with Gasteiger partial charge in [0.2, 0.25) is 0 Å². The van der Waals surface area contributed by atoms with Crippen molar-refractivity contribution in [1.82, 2.24) is 0 Å². The van der Waals surface area contributed by atoms with E-state index in [1.807, 2.05) is 0 Å². The Bertz CT molecular complexity index is 342. The number of ether oxygens (including phenoxy) is 4. The van der Waals surface area contributed by atoms with Crippen LogP contribution in [-0.2, 0) is 33.3 Å². The van der Waals surface area contributed by atoms with Crippen molar-refractivity contribution in [2.75, 3.05) is 7.11 Å². The average molecular weight is 276 g/mol. The van der Waals surface area contributed by atoms with Crippen molar-refractivity contribution < 1.29 is 33.3 Å². The van der Waals surface area contributed by atoms with E-state index in [1.165, 1.54) is 0 Å². The van der Waals surface area contributed by atoms with Crippen LogP contribution in [0.4, 0.5) is 0 Å². The first kappa shape index (κ1) is 17.4. The molecule has 0 aliphatic heterocycles. The van der Waals surface area contributed by atoms with Crippen molar-refractivity contribution in [3.63, 3.8) is 0 Å². The first-order chi connectivity index (χ1) is 8.56. The van der Waals surface area contributed by atoms with Gasteiger partial charge in [-0.1, -0.05) is 0 Å². The fraction of sp³-hybridized carbons (Fsp3) is 0.750. The van der Waals surface area contributed by atoms with Crippen molar-refractivity contribution in [1.29, 1.82) is 0 Å². The molecule has 7 nitrogen and oxygen atoms in total. The largest absolute Gasteiger partial charge is 0.466 e. The van der Waals surface area contributed by atoms with Gasteiger partial charge in [0.1, 0.15) is 0 Å². The van der Waals surface area contributed by atoms with Gasteiger partial charge in [0.25, 0.3) is 12.4 Å². The quantitative estimate of drug-likeness (QED) is 0.417. The molecule has 0 heterocycles. The third kappa shape index (κ3) is 7.40. The van der Waals surface area contributed by atoms with E-state index < -0.39 is 35.9 Å². The van der Waals surface area contributed by atoms with Crippen LogP contribution < -0.4 is 0 Å². The molecule has 0 aliphatic carbocycles. The van der Waals surface area contributed by atoms with Crippen molar-refractivity contribution >= 4 is 17.9 Å². The highest BCUT2D eigenvalue weighted by Gasteiger charge is 2.38. The molecule has 0 spiro atoms. The van der Waals surface area contributed by atoms with Gasteiger partial charge >= 0.3 is 17.9 Å². The molecular weight excluding hydrogens is 256 g/mol. The van der Waals surface area contributed by atoms with Gasteiger partial charge < -0.3 is 18.9 Å². The summed E-state index contributed by atoms with van der Waals surface area (Å²) >= 11 is 0. The van der Waals surface area contributed by atoms with Gasteiger partial charge in [-0.15, -0.1) is 0 Å². The predicted octanol–water partition coefficient (Wildman–Crippen LogP) is 0.795. The second kappa shape index (κ2) is 7.08. The molecule has 0 fully saturated rings. The van der Waals surface area contributed by atoms with Crippen molar-refractivity contribution in [2.45, 2.75) is 52.6 Å². The highest BCUT2D eigenvalue weighted by molar-refractivity contribution is 5.79. The summed E-state index contributed by atoms with van der Waals surface area (Å²) < 4.78 is 19.6. The van der Waals surface area contributed by atoms with Crippen LogP contribution in [0.5, 0.6) is 0 Å².